The molecule has 7 nitrogen and oxygen atoms in total. The van der Waals surface area contributed by atoms with Gasteiger partial charge in [-0.1, -0.05) is 24.6 Å². The summed E-state index contributed by atoms with van der Waals surface area (Å²) in [5.41, 5.74) is 3.14. The number of para-hydroxylation sites is 1. The Bertz CT molecular complexity index is 1250. The van der Waals surface area contributed by atoms with Gasteiger partial charge >= 0.3 is 0 Å². The van der Waals surface area contributed by atoms with Gasteiger partial charge in [-0.3, -0.25) is 4.79 Å². The van der Waals surface area contributed by atoms with Crippen molar-refractivity contribution in [2.45, 2.75) is 43.9 Å². The van der Waals surface area contributed by atoms with Gasteiger partial charge in [0.1, 0.15) is 10.7 Å². The van der Waals surface area contributed by atoms with E-state index in [0.717, 1.165) is 54.8 Å². The van der Waals surface area contributed by atoms with E-state index in [9.17, 15) is 17.6 Å². The second kappa shape index (κ2) is 10.5. The van der Waals surface area contributed by atoms with Gasteiger partial charge < -0.3 is 5.32 Å². The first kappa shape index (κ1) is 24.1. The maximum atomic E-state index is 14.4. The number of aryl methyl sites for hydroxylation is 2. The highest BCUT2D eigenvalue weighted by Crippen LogP contribution is 2.24. The third-order valence-electron chi connectivity index (χ3n) is 6.06. The molecular weight excluding hydrogens is 455 g/mol. The Morgan fingerprint density at radius 3 is 2.56 bits per heavy atom. The van der Waals surface area contributed by atoms with E-state index in [1.807, 2.05) is 48.1 Å². The fourth-order valence-electron chi connectivity index (χ4n) is 4.12. The summed E-state index contributed by atoms with van der Waals surface area (Å²) in [5.74, 6) is -1.26. The molecular formula is C25H29FN4O3S. The Hall–Kier alpha value is -3.04. The van der Waals surface area contributed by atoms with Crippen LogP contribution in [0.25, 0.3) is 5.69 Å². The molecule has 1 aliphatic heterocycles. The zero-order valence-electron chi connectivity index (χ0n) is 19.2. The van der Waals surface area contributed by atoms with Crippen LogP contribution in [-0.4, -0.2) is 48.0 Å². The van der Waals surface area contributed by atoms with Crippen LogP contribution < -0.4 is 5.32 Å². The molecule has 1 N–H and O–H groups in total. The average Bonchev–Trinajstić information content (AvgIpc) is 3.23. The van der Waals surface area contributed by atoms with E-state index in [0.29, 0.717) is 26.1 Å². The van der Waals surface area contributed by atoms with E-state index in [4.69, 9.17) is 0 Å². The summed E-state index contributed by atoms with van der Waals surface area (Å²) in [7, 11) is -3.97. The lowest BCUT2D eigenvalue weighted by Gasteiger charge is -2.26. The number of hydrogen-bond acceptors (Lipinski definition) is 4. The molecule has 4 rings (SSSR count). The number of aromatic nitrogens is 2. The van der Waals surface area contributed by atoms with Crippen LogP contribution in [0.15, 0.2) is 59.6 Å². The number of halogens is 1. The van der Waals surface area contributed by atoms with Crippen molar-refractivity contribution in [3.8, 4) is 5.69 Å². The molecule has 0 aliphatic carbocycles. The predicted molar refractivity (Wildman–Crippen MR) is 128 cm³/mol. The number of carbonyl (C=O) groups is 1. The average molecular weight is 485 g/mol. The number of carbonyl (C=O) groups excluding carboxylic acids is 1. The molecule has 1 aromatic heterocycles. The van der Waals surface area contributed by atoms with Crippen LogP contribution in [0.2, 0.25) is 0 Å². The van der Waals surface area contributed by atoms with Crippen LogP contribution in [0, 0.1) is 12.7 Å². The lowest BCUT2D eigenvalue weighted by Crippen LogP contribution is -2.36. The predicted octanol–water partition coefficient (Wildman–Crippen LogP) is 3.86. The normalized spacial score (nSPS) is 14.8. The minimum atomic E-state index is -3.97. The van der Waals surface area contributed by atoms with Gasteiger partial charge in [0.05, 0.1) is 11.4 Å². The molecule has 1 fully saturated rings. The third-order valence-corrected chi connectivity index (χ3v) is 7.97. The summed E-state index contributed by atoms with van der Waals surface area (Å²) in [6, 6.07) is 13.3. The van der Waals surface area contributed by atoms with Gasteiger partial charge in [-0.25, -0.2) is 17.5 Å². The molecule has 0 unspecified atom stereocenters. The molecule has 180 valence electrons. The van der Waals surface area contributed by atoms with Gasteiger partial charge in [-0.2, -0.15) is 9.40 Å². The zero-order chi connectivity index (χ0) is 24.1. The molecule has 2 heterocycles. The number of hydrogen-bond donors (Lipinski definition) is 1. The molecule has 2 aromatic carbocycles. The van der Waals surface area contributed by atoms with Crippen LogP contribution >= 0.6 is 0 Å². The Labute approximate surface area is 199 Å². The van der Waals surface area contributed by atoms with Gasteiger partial charge in [0.15, 0.2) is 0 Å². The van der Waals surface area contributed by atoms with Crippen LogP contribution in [0.5, 0.6) is 0 Å². The smallest absolute Gasteiger partial charge is 0.251 e. The van der Waals surface area contributed by atoms with Crippen molar-refractivity contribution in [1.29, 1.82) is 0 Å². The topological polar surface area (TPSA) is 84.3 Å². The van der Waals surface area contributed by atoms with Crippen molar-refractivity contribution in [1.82, 2.24) is 19.4 Å². The van der Waals surface area contributed by atoms with Gasteiger partial charge in [0, 0.05) is 31.4 Å². The Morgan fingerprint density at radius 1 is 1.09 bits per heavy atom. The minimum absolute atomic E-state index is 0.130. The number of amides is 1. The minimum Gasteiger partial charge on any atom is -0.352 e. The number of rotatable bonds is 8. The van der Waals surface area contributed by atoms with Crippen molar-refractivity contribution in [2.75, 3.05) is 19.6 Å². The SMILES string of the molecule is Cc1nn(-c2ccccc2)cc1CCCNC(=O)c1ccc(F)c(S(=O)(=O)N2CCCCC2)c1. The number of sulfonamides is 1. The number of nitrogens with one attached hydrogen (secondary N) is 1. The van der Waals surface area contributed by atoms with Crippen molar-refractivity contribution in [3.05, 3.63) is 77.4 Å². The number of nitrogens with zero attached hydrogens (tertiary/aromatic N) is 3. The first-order chi connectivity index (χ1) is 16.4. The Balaban J connectivity index is 1.36. The lowest BCUT2D eigenvalue weighted by atomic mass is 10.1. The third kappa shape index (κ3) is 5.37. The molecule has 1 amide bonds. The highest BCUT2D eigenvalue weighted by Gasteiger charge is 2.29. The van der Waals surface area contributed by atoms with E-state index >= 15 is 0 Å². The van der Waals surface area contributed by atoms with E-state index < -0.39 is 26.6 Å². The fourth-order valence-corrected chi connectivity index (χ4v) is 5.73. The van der Waals surface area contributed by atoms with Gasteiger partial charge in [0.25, 0.3) is 5.91 Å². The standard InChI is InChI=1S/C25H29FN4O3S/c1-19-21(18-30(28-19)22-10-4-2-5-11-22)9-8-14-27-25(31)20-12-13-23(26)24(17-20)34(32,33)29-15-6-3-7-16-29/h2,4-5,10-13,17-18H,3,6-9,14-16H2,1H3,(H,27,31). The summed E-state index contributed by atoms with van der Waals surface area (Å²) in [6.07, 6.45) is 5.88. The molecule has 0 atom stereocenters. The Kier molecular flexibility index (Phi) is 7.43. The molecule has 1 aliphatic rings. The molecule has 1 saturated heterocycles. The van der Waals surface area contributed by atoms with E-state index in [2.05, 4.69) is 10.4 Å². The summed E-state index contributed by atoms with van der Waals surface area (Å²) < 4.78 is 43.3. The van der Waals surface area contributed by atoms with Crippen molar-refractivity contribution >= 4 is 15.9 Å². The number of piperidine rings is 1. The summed E-state index contributed by atoms with van der Waals surface area (Å²) in [6.45, 7) is 3.10. The second-order valence-electron chi connectivity index (χ2n) is 8.49. The van der Waals surface area contributed by atoms with Crippen LogP contribution in [-0.2, 0) is 16.4 Å². The van der Waals surface area contributed by atoms with Gasteiger partial charge in [0.2, 0.25) is 10.0 Å². The van der Waals surface area contributed by atoms with E-state index in [1.54, 1.807) is 0 Å². The van der Waals surface area contributed by atoms with Crippen LogP contribution in [0.3, 0.4) is 0 Å². The fraction of sp³-hybridized carbons (Fsp3) is 0.360. The van der Waals surface area contributed by atoms with E-state index in [-0.39, 0.29) is 5.56 Å². The van der Waals surface area contributed by atoms with Crippen molar-refractivity contribution < 1.29 is 17.6 Å². The van der Waals surface area contributed by atoms with Gasteiger partial charge in [-0.05, 0) is 68.5 Å². The maximum Gasteiger partial charge on any atom is 0.251 e. The molecule has 9 heteroatoms. The monoisotopic (exact) mass is 484 g/mol. The second-order valence-corrected chi connectivity index (χ2v) is 10.4. The summed E-state index contributed by atoms with van der Waals surface area (Å²) in [4.78, 5) is 12.2. The van der Waals surface area contributed by atoms with Crippen molar-refractivity contribution in [2.24, 2.45) is 0 Å². The number of benzene rings is 2. The van der Waals surface area contributed by atoms with Crippen LogP contribution in [0.1, 0.15) is 47.3 Å². The zero-order valence-corrected chi connectivity index (χ0v) is 20.0. The maximum absolute atomic E-state index is 14.4. The molecule has 3 aromatic rings. The largest absolute Gasteiger partial charge is 0.352 e. The van der Waals surface area contributed by atoms with Crippen molar-refractivity contribution in [3.63, 3.8) is 0 Å². The first-order valence-corrected chi connectivity index (χ1v) is 13.0. The summed E-state index contributed by atoms with van der Waals surface area (Å²) >= 11 is 0. The van der Waals surface area contributed by atoms with Gasteiger partial charge in [-0.15, -0.1) is 0 Å². The van der Waals surface area contributed by atoms with Crippen LogP contribution in [0.4, 0.5) is 4.39 Å². The quantitative estimate of drug-likeness (QED) is 0.492. The highest BCUT2D eigenvalue weighted by molar-refractivity contribution is 7.89. The molecule has 0 bridgehead atoms. The molecule has 0 radical (unpaired) electrons. The Morgan fingerprint density at radius 2 is 1.82 bits per heavy atom. The van der Waals surface area contributed by atoms with E-state index in [1.165, 1.54) is 10.4 Å². The first-order valence-electron chi connectivity index (χ1n) is 11.5. The molecule has 0 spiro atoms. The summed E-state index contributed by atoms with van der Waals surface area (Å²) in [5, 5.41) is 7.36. The lowest BCUT2D eigenvalue weighted by molar-refractivity contribution is 0.0953. The molecule has 0 saturated carbocycles. The highest BCUT2D eigenvalue weighted by atomic mass is 32.2. The molecule has 34 heavy (non-hydrogen) atoms.